The second-order valence-corrected chi connectivity index (χ2v) is 11.5. The molecule has 0 spiro atoms. The lowest BCUT2D eigenvalue weighted by Gasteiger charge is -2.21. The van der Waals surface area contributed by atoms with Crippen LogP contribution < -0.4 is 9.62 Å². The highest BCUT2D eigenvalue weighted by molar-refractivity contribution is 7.92. The summed E-state index contributed by atoms with van der Waals surface area (Å²) in [5.41, 5.74) is 3.82. The molecule has 0 atom stereocenters. The fourth-order valence-corrected chi connectivity index (χ4v) is 5.07. The van der Waals surface area contributed by atoms with E-state index in [9.17, 15) is 22.7 Å². The Kier molecular flexibility index (Phi) is 6.56. The number of para-hydroxylation sites is 1. The molecule has 0 aliphatic heterocycles. The number of aromatic amines is 1. The number of sulfonamides is 1. The molecule has 0 unspecified atom stereocenters. The van der Waals surface area contributed by atoms with E-state index in [4.69, 9.17) is 4.98 Å². The van der Waals surface area contributed by atoms with Crippen molar-refractivity contribution in [3.8, 4) is 17.0 Å². The number of phenols is 1. The lowest BCUT2D eigenvalue weighted by Crippen LogP contribution is -2.26. The van der Waals surface area contributed by atoms with E-state index in [1.165, 1.54) is 23.5 Å². The van der Waals surface area contributed by atoms with Crippen LogP contribution in [0.4, 0.5) is 15.9 Å². The van der Waals surface area contributed by atoms with Crippen molar-refractivity contribution >= 4 is 38.2 Å². The van der Waals surface area contributed by atoms with E-state index in [0.717, 1.165) is 24.7 Å². The Hall–Kier alpha value is -3.99. The number of hydrogen-bond donors (Lipinski definition) is 3. The first-order valence-corrected chi connectivity index (χ1v) is 14.1. The highest BCUT2D eigenvalue weighted by Gasteiger charge is 2.29. The van der Waals surface area contributed by atoms with E-state index < -0.39 is 21.6 Å². The number of pyridine rings is 1. The molecule has 1 aliphatic rings. The van der Waals surface area contributed by atoms with Crippen LogP contribution in [0, 0.1) is 5.82 Å². The van der Waals surface area contributed by atoms with Gasteiger partial charge in [0.1, 0.15) is 11.5 Å². The number of H-pyrrole nitrogens is 1. The molecule has 0 saturated heterocycles. The lowest BCUT2D eigenvalue weighted by molar-refractivity contribution is 0.0985. The molecular weight excluding hydrogens is 509 g/mol. The molecule has 0 bridgehead atoms. The predicted octanol–water partition coefficient (Wildman–Crippen LogP) is 4.95. The van der Waals surface area contributed by atoms with Crippen LogP contribution in [0.5, 0.6) is 5.75 Å². The number of carbonyl (C=O) groups excluding carboxylic acids is 1. The van der Waals surface area contributed by atoms with Gasteiger partial charge in [0.15, 0.2) is 17.3 Å². The highest BCUT2D eigenvalue weighted by Crippen LogP contribution is 2.46. The summed E-state index contributed by atoms with van der Waals surface area (Å²) >= 11 is 0. The molecule has 4 aromatic rings. The monoisotopic (exact) mass is 537 g/mol. The molecule has 1 aliphatic carbocycles. The van der Waals surface area contributed by atoms with Crippen LogP contribution in [0.1, 0.15) is 53.7 Å². The van der Waals surface area contributed by atoms with E-state index in [1.54, 1.807) is 37.3 Å². The fourth-order valence-electron chi connectivity index (χ4n) is 4.54. The van der Waals surface area contributed by atoms with Gasteiger partial charge in [-0.05, 0) is 54.2 Å². The molecule has 0 radical (unpaired) electrons. The SMILES string of the molecule is CCC(=O)c1n[nH]c2cc(-c3cc(F)c(O)cc3C3CC3)nc(NCc3ccccc3N(C)S(C)(=O)=O)c12. The third-order valence-electron chi connectivity index (χ3n) is 6.82. The topological polar surface area (TPSA) is 128 Å². The number of aromatic nitrogens is 3. The number of rotatable bonds is 9. The maximum Gasteiger partial charge on any atom is 0.232 e. The summed E-state index contributed by atoms with van der Waals surface area (Å²) < 4.78 is 40.1. The summed E-state index contributed by atoms with van der Waals surface area (Å²) in [6, 6.07) is 11.5. The third-order valence-corrected chi connectivity index (χ3v) is 8.01. The summed E-state index contributed by atoms with van der Waals surface area (Å²) in [5.74, 6) is -0.748. The Morgan fingerprint density at radius 1 is 1.24 bits per heavy atom. The number of nitrogens with one attached hydrogen (secondary N) is 2. The summed E-state index contributed by atoms with van der Waals surface area (Å²) in [4.78, 5) is 17.5. The van der Waals surface area contributed by atoms with E-state index in [2.05, 4.69) is 15.5 Å². The molecule has 9 nitrogen and oxygen atoms in total. The van der Waals surface area contributed by atoms with Gasteiger partial charge < -0.3 is 10.4 Å². The van der Waals surface area contributed by atoms with Crippen LogP contribution in [-0.2, 0) is 16.6 Å². The zero-order valence-corrected chi connectivity index (χ0v) is 22.1. The van der Waals surface area contributed by atoms with Crippen molar-refractivity contribution < 1.29 is 22.7 Å². The summed E-state index contributed by atoms with van der Waals surface area (Å²) in [6.07, 6.45) is 3.26. The van der Waals surface area contributed by atoms with Crippen LogP contribution in [0.2, 0.25) is 0 Å². The second kappa shape index (κ2) is 9.71. The van der Waals surface area contributed by atoms with Crippen molar-refractivity contribution in [1.29, 1.82) is 0 Å². The molecule has 3 N–H and O–H groups in total. The van der Waals surface area contributed by atoms with E-state index in [0.29, 0.717) is 39.2 Å². The average Bonchev–Trinajstić information content (AvgIpc) is 3.65. The van der Waals surface area contributed by atoms with Crippen molar-refractivity contribution in [3.05, 3.63) is 65.1 Å². The summed E-state index contributed by atoms with van der Waals surface area (Å²) in [7, 11) is -2.01. The van der Waals surface area contributed by atoms with Crippen molar-refractivity contribution in [2.24, 2.45) is 0 Å². The van der Waals surface area contributed by atoms with Gasteiger partial charge in [-0.2, -0.15) is 5.10 Å². The average molecular weight is 538 g/mol. The number of anilines is 2. The molecule has 2 aromatic heterocycles. The first-order valence-electron chi connectivity index (χ1n) is 12.3. The minimum absolute atomic E-state index is 0.166. The molecule has 2 heterocycles. The first-order chi connectivity index (χ1) is 18.1. The predicted molar refractivity (Wildman–Crippen MR) is 145 cm³/mol. The van der Waals surface area contributed by atoms with Gasteiger partial charge in [-0.3, -0.25) is 14.2 Å². The number of ketones is 1. The van der Waals surface area contributed by atoms with Crippen LogP contribution in [-0.4, -0.2) is 47.8 Å². The molecule has 5 rings (SSSR count). The van der Waals surface area contributed by atoms with Crippen LogP contribution in [0.15, 0.2) is 42.5 Å². The number of aromatic hydroxyl groups is 1. The maximum absolute atomic E-state index is 14.5. The number of carbonyl (C=O) groups is 1. The Morgan fingerprint density at radius 3 is 2.66 bits per heavy atom. The Morgan fingerprint density at radius 2 is 1.97 bits per heavy atom. The lowest BCUT2D eigenvalue weighted by atomic mass is 9.98. The Bertz CT molecular complexity index is 1660. The van der Waals surface area contributed by atoms with E-state index >= 15 is 0 Å². The molecule has 2 aromatic carbocycles. The van der Waals surface area contributed by atoms with Crippen molar-refractivity contribution in [3.63, 3.8) is 0 Å². The number of Topliss-reactive ketones (excluding diaryl/α,β-unsaturated/α-hetero) is 1. The zero-order valence-electron chi connectivity index (χ0n) is 21.2. The number of benzene rings is 2. The van der Waals surface area contributed by atoms with Crippen molar-refractivity contribution in [2.75, 3.05) is 22.9 Å². The van der Waals surface area contributed by atoms with Gasteiger partial charge in [-0.15, -0.1) is 0 Å². The number of phenolic OH excluding ortho intramolecular Hbond substituents is 1. The fraction of sp³-hybridized carbons (Fsp3) is 0.296. The Balaban J connectivity index is 1.63. The molecule has 1 saturated carbocycles. The molecule has 198 valence electrons. The van der Waals surface area contributed by atoms with Gasteiger partial charge >= 0.3 is 0 Å². The zero-order chi connectivity index (χ0) is 27.2. The first kappa shape index (κ1) is 25.7. The van der Waals surface area contributed by atoms with E-state index in [1.807, 2.05) is 0 Å². The second-order valence-electron chi connectivity index (χ2n) is 9.51. The summed E-state index contributed by atoms with van der Waals surface area (Å²) in [6.45, 7) is 1.95. The molecule has 38 heavy (non-hydrogen) atoms. The highest BCUT2D eigenvalue weighted by atomic mass is 32.2. The van der Waals surface area contributed by atoms with Gasteiger partial charge in [0.2, 0.25) is 10.0 Å². The molecular formula is C27H28FN5O4S. The number of hydrogen-bond acceptors (Lipinski definition) is 7. The number of halogens is 1. The largest absolute Gasteiger partial charge is 0.505 e. The minimum Gasteiger partial charge on any atom is -0.505 e. The van der Waals surface area contributed by atoms with Gasteiger partial charge in [-0.1, -0.05) is 25.1 Å². The normalized spacial score (nSPS) is 13.6. The third kappa shape index (κ3) is 4.81. The van der Waals surface area contributed by atoms with Crippen LogP contribution >= 0.6 is 0 Å². The molecule has 11 heteroatoms. The minimum atomic E-state index is -3.49. The quantitative estimate of drug-likeness (QED) is 0.258. The van der Waals surface area contributed by atoms with Crippen LogP contribution in [0.3, 0.4) is 0 Å². The number of nitrogens with zero attached hydrogens (tertiary/aromatic N) is 3. The standard InChI is InChI=1S/C27H28FN5O4S/c1-4-23(34)26-25-21(31-32-26)13-20(18-11-19(28)24(35)12-17(18)15-9-10-15)30-27(25)29-14-16-7-5-6-8-22(16)33(2)38(3,36)37/h5-8,11-13,15,35H,4,9-10,14H2,1-3H3,(H,29,30)(H,31,32). The van der Waals surface area contributed by atoms with E-state index in [-0.39, 0.29) is 30.4 Å². The maximum atomic E-state index is 14.5. The van der Waals surface area contributed by atoms with Gasteiger partial charge in [0, 0.05) is 25.6 Å². The molecule has 1 fully saturated rings. The molecule has 0 amide bonds. The van der Waals surface area contributed by atoms with Crippen LogP contribution in [0.25, 0.3) is 22.2 Å². The van der Waals surface area contributed by atoms with Gasteiger partial charge in [-0.25, -0.2) is 17.8 Å². The van der Waals surface area contributed by atoms with Crippen molar-refractivity contribution in [2.45, 2.75) is 38.6 Å². The Labute approximate surface area is 219 Å². The van der Waals surface area contributed by atoms with Gasteiger partial charge in [0.05, 0.1) is 28.5 Å². The van der Waals surface area contributed by atoms with Crippen molar-refractivity contribution in [1.82, 2.24) is 15.2 Å². The summed E-state index contributed by atoms with van der Waals surface area (Å²) in [5, 5.41) is 20.9. The smallest absolute Gasteiger partial charge is 0.232 e. The van der Waals surface area contributed by atoms with Gasteiger partial charge in [0.25, 0.3) is 0 Å². The number of fused-ring (bicyclic) bond motifs is 1.